The highest BCUT2D eigenvalue weighted by Crippen LogP contribution is 2.01. The zero-order valence-corrected chi connectivity index (χ0v) is 12.6. The molecule has 0 atom stereocenters. The van der Waals surface area contributed by atoms with Gasteiger partial charge in [0.15, 0.2) is 0 Å². The molecule has 130 valence electrons. The van der Waals surface area contributed by atoms with Crippen molar-refractivity contribution in [2.75, 3.05) is 0 Å². The smallest absolute Gasteiger partial charge is 0.259 e. The Balaban J connectivity index is 1.83. The Hall–Kier alpha value is -3.18. The molecule has 12 nitrogen and oxygen atoms in total. The fraction of sp³-hybridized carbons (Fsp3) is 0.500. The minimum atomic E-state index is -0.849. The van der Waals surface area contributed by atoms with Crippen LogP contribution in [-0.4, -0.2) is 29.1 Å². The lowest BCUT2D eigenvalue weighted by molar-refractivity contribution is 0.497. The molecule has 2 aromatic heterocycles. The van der Waals surface area contributed by atoms with Gasteiger partial charge in [0, 0.05) is 13.1 Å². The molecule has 2 aromatic rings. The lowest BCUT2D eigenvalue weighted by Gasteiger charge is -2.04. The maximum Gasteiger partial charge on any atom is 0.333 e. The molecule has 0 aliphatic rings. The predicted octanol–water partition coefficient (Wildman–Crippen LogP) is -2.98. The van der Waals surface area contributed by atoms with Gasteiger partial charge in [-0.25, -0.2) is 37.9 Å². The third-order valence-electron chi connectivity index (χ3n) is 3.38. The van der Waals surface area contributed by atoms with Gasteiger partial charge in [0.05, 0.1) is 0 Å². The zero-order valence-electron chi connectivity index (χ0n) is 12.6. The quantitative estimate of drug-likeness (QED) is 0.391. The standard InChI is InChI=1S/C12H16N6O6/c19-7-13-9(21)17(10(22)14-7)5-3-1-2-4-6-18-11(23)15-8(20)16-12(18)24/h1-6H2,(H2,13,14,19,21,22)(H2,15,16,20,23,24). The number of hydrogen-bond donors (Lipinski definition) is 4. The molecule has 0 spiro atoms. The second-order valence-corrected chi connectivity index (χ2v) is 5.10. The summed E-state index contributed by atoms with van der Waals surface area (Å²) in [6.07, 6.45) is 2.29. The van der Waals surface area contributed by atoms with E-state index >= 15 is 0 Å². The number of rotatable bonds is 7. The van der Waals surface area contributed by atoms with Crippen LogP contribution in [0, 0.1) is 0 Å². The van der Waals surface area contributed by atoms with Gasteiger partial charge < -0.3 is 0 Å². The Labute approximate surface area is 131 Å². The molecule has 12 heteroatoms. The van der Waals surface area contributed by atoms with Crippen molar-refractivity contribution < 1.29 is 0 Å². The van der Waals surface area contributed by atoms with Crippen molar-refractivity contribution in [1.82, 2.24) is 29.1 Å². The molecule has 2 heterocycles. The number of aromatic nitrogens is 6. The summed E-state index contributed by atoms with van der Waals surface area (Å²) in [6, 6.07) is 0. The van der Waals surface area contributed by atoms with Gasteiger partial charge in [-0.05, 0) is 12.8 Å². The fourth-order valence-corrected chi connectivity index (χ4v) is 2.20. The van der Waals surface area contributed by atoms with Gasteiger partial charge in [0.2, 0.25) is 0 Å². The van der Waals surface area contributed by atoms with E-state index in [0.717, 1.165) is 9.13 Å². The van der Waals surface area contributed by atoms with Gasteiger partial charge in [-0.3, -0.25) is 19.9 Å². The van der Waals surface area contributed by atoms with Crippen molar-refractivity contribution in [2.24, 2.45) is 0 Å². The molecule has 4 N–H and O–H groups in total. The van der Waals surface area contributed by atoms with Gasteiger partial charge >= 0.3 is 34.1 Å². The van der Waals surface area contributed by atoms with Crippen LogP contribution in [0.4, 0.5) is 0 Å². The van der Waals surface area contributed by atoms with Gasteiger partial charge in [0.25, 0.3) is 0 Å². The highest BCUT2D eigenvalue weighted by Gasteiger charge is 2.04. The summed E-state index contributed by atoms with van der Waals surface area (Å²) in [7, 11) is 0. The molecule has 0 aliphatic heterocycles. The highest BCUT2D eigenvalue weighted by molar-refractivity contribution is 4.70. The summed E-state index contributed by atoms with van der Waals surface area (Å²) in [6.45, 7) is 0.286. The molecule has 0 saturated carbocycles. The van der Waals surface area contributed by atoms with Crippen LogP contribution in [-0.2, 0) is 13.1 Å². The Morgan fingerprint density at radius 2 is 0.792 bits per heavy atom. The van der Waals surface area contributed by atoms with Crippen molar-refractivity contribution in [3.05, 3.63) is 62.9 Å². The first-order chi connectivity index (χ1) is 11.4. The maximum atomic E-state index is 11.5. The molecular weight excluding hydrogens is 324 g/mol. The van der Waals surface area contributed by atoms with Crippen molar-refractivity contribution in [2.45, 2.75) is 38.8 Å². The first kappa shape index (κ1) is 17.2. The molecular formula is C12H16N6O6. The topological polar surface area (TPSA) is 175 Å². The summed E-state index contributed by atoms with van der Waals surface area (Å²) in [5.74, 6) is 0. The second-order valence-electron chi connectivity index (χ2n) is 5.10. The molecule has 0 aliphatic carbocycles. The SMILES string of the molecule is O=c1[nH]c(=O)n(CCCCCCn2c(=O)[nH]c(=O)[nH]c2=O)c(=O)[nH]1. The van der Waals surface area contributed by atoms with Crippen LogP contribution < -0.4 is 34.1 Å². The Morgan fingerprint density at radius 3 is 1.08 bits per heavy atom. The number of nitrogens with zero attached hydrogens (tertiary/aromatic N) is 2. The summed E-state index contributed by atoms with van der Waals surface area (Å²) < 4.78 is 1.77. The maximum absolute atomic E-state index is 11.5. The zero-order chi connectivity index (χ0) is 17.7. The molecule has 0 fully saturated rings. The van der Waals surface area contributed by atoms with Gasteiger partial charge in [-0.2, -0.15) is 0 Å². The number of aromatic amines is 4. The monoisotopic (exact) mass is 340 g/mol. The van der Waals surface area contributed by atoms with Gasteiger partial charge in [0.1, 0.15) is 0 Å². The molecule has 0 unspecified atom stereocenters. The largest absolute Gasteiger partial charge is 0.333 e. The Kier molecular flexibility index (Phi) is 5.29. The number of unbranched alkanes of at least 4 members (excludes halogenated alkanes) is 3. The molecule has 0 aromatic carbocycles. The summed E-state index contributed by atoms with van der Waals surface area (Å²) in [4.78, 5) is 75.4. The van der Waals surface area contributed by atoms with Crippen molar-refractivity contribution in [3.8, 4) is 0 Å². The minimum Gasteiger partial charge on any atom is -0.259 e. The highest BCUT2D eigenvalue weighted by atomic mass is 16.2. The molecule has 24 heavy (non-hydrogen) atoms. The van der Waals surface area contributed by atoms with E-state index in [1.807, 2.05) is 19.9 Å². The van der Waals surface area contributed by atoms with E-state index in [9.17, 15) is 28.8 Å². The summed E-state index contributed by atoms with van der Waals surface area (Å²) in [5, 5.41) is 0. The van der Waals surface area contributed by atoms with Crippen LogP contribution in [0.5, 0.6) is 0 Å². The third kappa shape index (κ3) is 4.18. The van der Waals surface area contributed by atoms with E-state index in [0.29, 0.717) is 25.7 Å². The number of hydrogen-bond acceptors (Lipinski definition) is 6. The van der Waals surface area contributed by atoms with Crippen molar-refractivity contribution in [1.29, 1.82) is 0 Å². The Morgan fingerprint density at radius 1 is 0.500 bits per heavy atom. The first-order valence-corrected chi connectivity index (χ1v) is 7.25. The number of H-pyrrole nitrogens is 4. The van der Waals surface area contributed by atoms with Crippen LogP contribution in [0.1, 0.15) is 25.7 Å². The average molecular weight is 340 g/mol. The lowest BCUT2D eigenvalue weighted by Crippen LogP contribution is -2.43. The van der Waals surface area contributed by atoms with Crippen LogP contribution in [0.3, 0.4) is 0 Å². The average Bonchev–Trinajstić information content (AvgIpc) is 2.46. The first-order valence-electron chi connectivity index (χ1n) is 7.25. The Bertz CT molecular complexity index is 894. The van der Waals surface area contributed by atoms with Crippen LogP contribution >= 0.6 is 0 Å². The van der Waals surface area contributed by atoms with E-state index in [-0.39, 0.29) is 13.1 Å². The van der Waals surface area contributed by atoms with E-state index < -0.39 is 34.1 Å². The molecule has 0 bridgehead atoms. The lowest BCUT2D eigenvalue weighted by atomic mass is 10.2. The van der Waals surface area contributed by atoms with Crippen LogP contribution in [0.25, 0.3) is 0 Å². The number of nitrogens with one attached hydrogen (secondary N) is 4. The van der Waals surface area contributed by atoms with Gasteiger partial charge in [-0.1, -0.05) is 12.8 Å². The fourth-order valence-electron chi connectivity index (χ4n) is 2.20. The van der Waals surface area contributed by atoms with Crippen LogP contribution in [0.2, 0.25) is 0 Å². The molecule has 0 amide bonds. The summed E-state index contributed by atoms with van der Waals surface area (Å²) >= 11 is 0. The van der Waals surface area contributed by atoms with Crippen molar-refractivity contribution >= 4 is 0 Å². The van der Waals surface area contributed by atoms with Crippen molar-refractivity contribution in [3.63, 3.8) is 0 Å². The van der Waals surface area contributed by atoms with E-state index in [4.69, 9.17) is 0 Å². The van der Waals surface area contributed by atoms with E-state index in [2.05, 4.69) is 0 Å². The molecule has 0 radical (unpaired) electrons. The van der Waals surface area contributed by atoms with E-state index in [1.165, 1.54) is 0 Å². The summed E-state index contributed by atoms with van der Waals surface area (Å²) in [5.41, 5.74) is -4.77. The molecule has 0 saturated heterocycles. The normalized spacial score (nSPS) is 10.8. The predicted molar refractivity (Wildman–Crippen MR) is 82.4 cm³/mol. The van der Waals surface area contributed by atoms with Gasteiger partial charge in [-0.15, -0.1) is 0 Å². The second kappa shape index (κ2) is 7.39. The van der Waals surface area contributed by atoms with Crippen LogP contribution in [0.15, 0.2) is 28.8 Å². The van der Waals surface area contributed by atoms with E-state index in [1.54, 1.807) is 0 Å². The third-order valence-corrected chi connectivity index (χ3v) is 3.38. The minimum absolute atomic E-state index is 0.143. The molecule has 2 rings (SSSR count).